The summed E-state index contributed by atoms with van der Waals surface area (Å²) in [6.45, 7) is 6.22. The third-order valence-corrected chi connectivity index (χ3v) is 3.24. The van der Waals surface area contributed by atoms with Gasteiger partial charge in [-0.1, -0.05) is 0 Å². The number of anilines is 1. The van der Waals surface area contributed by atoms with Gasteiger partial charge in [0.1, 0.15) is 5.60 Å². The second-order valence-electron chi connectivity index (χ2n) is 5.51. The number of nitrogens with zero attached hydrogens (tertiary/aromatic N) is 1. The highest BCUT2D eigenvalue weighted by Crippen LogP contribution is 2.09. The second-order valence-corrected chi connectivity index (χ2v) is 7.48. The van der Waals surface area contributed by atoms with E-state index in [1.165, 1.54) is 12.3 Å². The molecular formula is C13H21N3O4S. The molecule has 1 aromatic heterocycles. The van der Waals surface area contributed by atoms with Crippen molar-refractivity contribution in [3.8, 4) is 0 Å². The minimum atomic E-state index is -3.29. The van der Waals surface area contributed by atoms with E-state index in [9.17, 15) is 13.2 Å². The number of carbonyl (C=O) groups is 1. The zero-order chi connectivity index (χ0) is 16.1. The molecule has 0 aliphatic carbocycles. The van der Waals surface area contributed by atoms with Crippen molar-refractivity contribution in [1.29, 1.82) is 0 Å². The van der Waals surface area contributed by atoms with Crippen molar-refractivity contribution in [2.24, 2.45) is 0 Å². The number of sulfone groups is 1. The van der Waals surface area contributed by atoms with Gasteiger partial charge in [0, 0.05) is 19.3 Å². The van der Waals surface area contributed by atoms with Crippen LogP contribution in [0.25, 0.3) is 0 Å². The first-order chi connectivity index (χ1) is 9.58. The minimum absolute atomic E-state index is 0.0277. The molecule has 7 nitrogen and oxygen atoms in total. The summed E-state index contributed by atoms with van der Waals surface area (Å²) >= 11 is 0. The average Bonchev–Trinajstić information content (AvgIpc) is 2.32. The van der Waals surface area contributed by atoms with Crippen LogP contribution in [0.4, 0.5) is 10.5 Å². The van der Waals surface area contributed by atoms with Crippen molar-refractivity contribution in [2.45, 2.75) is 31.4 Å². The topological polar surface area (TPSA) is 97.4 Å². The van der Waals surface area contributed by atoms with Crippen LogP contribution in [0.15, 0.2) is 23.4 Å². The molecule has 8 heteroatoms. The van der Waals surface area contributed by atoms with E-state index < -0.39 is 21.5 Å². The molecule has 0 atom stereocenters. The van der Waals surface area contributed by atoms with Gasteiger partial charge in [-0.3, -0.25) is 0 Å². The van der Waals surface area contributed by atoms with E-state index in [0.29, 0.717) is 18.8 Å². The maximum Gasteiger partial charge on any atom is 0.407 e. The van der Waals surface area contributed by atoms with Crippen molar-refractivity contribution in [3.05, 3.63) is 18.3 Å². The van der Waals surface area contributed by atoms with Crippen LogP contribution in [0.1, 0.15) is 20.8 Å². The number of rotatable bonds is 5. The highest BCUT2D eigenvalue weighted by molar-refractivity contribution is 7.90. The lowest BCUT2D eigenvalue weighted by Crippen LogP contribution is -2.35. The number of aromatic nitrogens is 1. The molecule has 1 aromatic rings. The van der Waals surface area contributed by atoms with Gasteiger partial charge in [0.25, 0.3) is 0 Å². The molecule has 0 radical (unpaired) electrons. The Morgan fingerprint density at radius 3 is 2.43 bits per heavy atom. The fraction of sp³-hybridized carbons (Fsp3) is 0.538. The van der Waals surface area contributed by atoms with Crippen LogP contribution in [-0.4, -0.2) is 44.4 Å². The number of carbonyl (C=O) groups excluding carboxylic acids is 1. The molecule has 0 aliphatic rings. The van der Waals surface area contributed by atoms with Crippen LogP contribution < -0.4 is 10.6 Å². The molecule has 0 fully saturated rings. The molecule has 1 heterocycles. The van der Waals surface area contributed by atoms with E-state index >= 15 is 0 Å². The first kappa shape index (κ1) is 17.2. The maximum absolute atomic E-state index is 11.4. The van der Waals surface area contributed by atoms with Gasteiger partial charge in [-0.25, -0.2) is 18.2 Å². The maximum atomic E-state index is 11.4. The number of hydrogen-bond donors (Lipinski definition) is 2. The third-order valence-electron chi connectivity index (χ3n) is 2.24. The number of hydrogen-bond acceptors (Lipinski definition) is 6. The molecule has 0 saturated carbocycles. The van der Waals surface area contributed by atoms with Crippen molar-refractivity contribution >= 4 is 21.6 Å². The first-order valence-electron chi connectivity index (χ1n) is 6.45. The summed E-state index contributed by atoms with van der Waals surface area (Å²) in [5.74, 6) is 0. The molecule has 0 bridgehead atoms. The van der Waals surface area contributed by atoms with Gasteiger partial charge in [-0.15, -0.1) is 0 Å². The number of pyridine rings is 1. The summed E-state index contributed by atoms with van der Waals surface area (Å²) in [7, 11) is -3.29. The molecule has 0 aromatic carbocycles. The van der Waals surface area contributed by atoms with E-state index in [1.807, 2.05) is 0 Å². The number of ether oxygens (including phenoxy) is 1. The second kappa shape index (κ2) is 6.75. The zero-order valence-electron chi connectivity index (χ0n) is 12.6. The van der Waals surface area contributed by atoms with Gasteiger partial charge in [-0.2, -0.15) is 0 Å². The smallest absolute Gasteiger partial charge is 0.407 e. The van der Waals surface area contributed by atoms with Gasteiger partial charge < -0.3 is 15.4 Å². The van der Waals surface area contributed by atoms with Crippen LogP contribution >= 0.6 is 0 Å². The van der Waals surface area contributed by atoms with Crippen molar-refractivity contribution in [1.82, 2.24) is 10.3 Å². The van der Waals surface area contributed by atoms with Crippen LogP contribution in [0.2, 0.25) is 0 Å². The normalized spacial score (nSPS) is 11.8. The van der Waals surface area contributed by atoms with E-state index in [1.54, 1.807) is 26.8 Å². The zero-order valence-corrected chi connectivity index (χ0v) is 13.5. The van der Waals surface area contributed by atoms with Crippen molar-refractivity contribution < 1.29 is 17.9 Å². The summed E-state index contributed by atoms with van der Waals surface area (Å²) in [6, 6.07) is 3.05. The largest absolute Gasteiger partial charge is 0.444 e. The quantitative estimate of drug-likeness (QED) is 0.798. The summed E-state index contributed by atoms with van der Waals surface area (Å²) in [4.78, 5) is 15.2. The van der Waals surface area contributed by atoms with Crippen LogP contribution in [-0.2, 0) is 14.6 Å². The van der Waals surface area contributed by atoms with Gasteiger partial charge >= 0.3 is 6.09 Å². The van der Waals surface area contributed by atoms with E-state index in [2.05, 4.69) is 15.6 Å². The number of amides is 1. The number of alkyl carbamates (subject to hydrolysis) is 1. The molecule has 0 spiro atoms. The fourth-order valence-electron chi connectivity index (χ4n) is 1.39. The molecule has 1 amide bonds. The summed E-state index contributed by atoms with van der Waals surface area (Å²) in [5.41, 5.74) is 0.150. The lowest BCUT2D eigenvalue weighted by atomic mass is 10.2. The van der Waals surface area contributed by atoms with E-state index in [-0.39, 0.29) is 5.03 Å². The highest BCUT2D eigenvalue weighted by Gasteiger charge is 2.15. The average molecular weight is 315 g/mol. The molecule has 2 N–H and O–H groups in total. The van der Waals surface area contributed by atoms with Crippen LogP contribution in [0.5, 0.6) is 0 Å². The predicted molar refractivity (Wildman–Crippen MR) is 80.1 cm³/mol. The standard InChI is InChI=1S/C13H21N3O4S/c1-13(2,3)20-12(17)15-8-7-14-10-5-6-11(16-9-10)21(4,18)19/h5-6,9,14H,7-8H2,1-4H3,(H,15,17). The third kappa shape index (κ3) is 6.94. The van der Waals surface area contributed by atoms with Gasteiger partial charge in [0.15, 0.2) is 14.9 Å². The molecule has 0 aliphatic heterocycles. The van der Waals surface area contributed by atoms with Crippen LogP contribution in [0, 0.1) is 0 Å². The molecule has 118 valence electrons. The molecule has 0 saturated heterocycles. The first-order valence-corrected chi connectivity index (χ1v) is 8.34. The summed E-state index contributed by atoms with van der Waals surface area (Å²) in [5, 5.41) is 5.65. The Morgan fingerprint density at radius 2 is 1.95 bits per heavy atom. The molecule has 0 unspecified atom stereocenters. The minimum Gasteiger partial charge on any atom is -0.444 e. The SMILES string of the molecule is CC(C)(C)OC(=O)NCCNc1ccc(S(C)(=O)=O)nc1. The fourth-order valence-corrected chi connectivity index (χ4v) is 1.95. The van der Waals surface area contributed by atoms with Crippen molar-refractivity contribution in [2.75, 3.05) is 24.7 Å². The Balaban J connectivity index is 2.35. The Bertz CT molecular complexity index is 576. The summed E-state index contributed by atoms with van der Waals surface area (Å²) < 4.78 is 27.6. The Hall–Kier alpha value is -1.83. The monoisotopic (exact) mass is 315 g/mol. The van der Waals surface area contributed by atoms with Gasteiger partial charge in [0.2, 0.25) is 0 Å². The number of nitrogens with one attached hydrogen (secondary N) is 2. The Kier molecular flexibility index (Phi) is 5.54. The van der Waals surface area contributed by atoms with E-state index in [4.69, 9.17) is 4.74 Å². The molecule has 21 heavy (non-hydrogen) atoms. The van der Waals surface area contributed by atoms with Crippen molar-refractivity contribution in [3.63, 3.8) is 0 Å². The summed E-state index contributed by atoms with van der Waals surface area (Å²) in [6.07, 6.45) is 2.06. The van der Waals surface area contributed by atoms with Gasteiger partial charge in [-0.05, 0) is 32.9 Å². The van der Waals surface area contributed by atoms with E-state index in [0.717, 1.165) is 6.26 Å². The molecule has 1 rings (SSSR count). The predicted octanol–water partition coefficient (Wildman–Crippen LogP) is 1.42. The Morgan fingerprint density at radius 1 is 1.29 bits per heavy atom. The highest BCUT2D eigenvalue weighted by atomic mass is 32.2. The molecular weight excluding hydrogens is 294 g/mol. The Labute approximate surface area is 125 Å². The van der Waals surface area contributed by atoms with Gasteiger partial charge in [0.05, 0.1) is 11.9 Å². The van der Waals surface area contributed by atoms with Crippen LogP contribution in [0.3, 0.4) is 0 Å². The lowest BCUT2D eigenvalue weighted by Gasteiger charge is -2.19. The lowest BCUT2D eigenvalue weighted by molar-refractivity contribution is 0.0530.